The highest BCUT2D eigenvalue weighted by Crippen LogP contribution is 2.41. The zero-order valence-corrected chi connectivity index (χ0v) is 35.8. The summed E-state index contributed by atoms with van der Waals surface area (Å²) in [5.74, 6) is 0.690. The third-order valence-electron chi connectivity index (χ3n) is 12.8. The topological polar surface area (TPSA) is 118 Å². The number of halogens is 2. The van der Waals surface area contributed by atoms with Gasteiger partial charge in [-0.15, -0.1) is 0 Å². The maximum Gasteiger partial charge on any atom is 0.317 e. The smallest absolute Gasteiger partial charge is 0.317 e. The van der Waals surface area contributed by atoms with Crippen LogP contribution in [0.1, 0.15) is 134 Å². The van der Waals surface area contributed by atoms with Crippen molar-refractivity contribution in [3.05, 3.63) is 34.9 Å². The summed E-state index contributed by atoms with van der Waals surface area (Å²) >= 11 is 6.29. The summed E-state index contributed by atoms with van der Waals surface area (Å²) in [5, 5.41) is 25.3. The number of carbonyl (C=O) groups excluding carboxylic acids is 2. The van der Waals surface area contributed by atoms with E-state index in [0.717, 1.165) is 95.3 Å². The van der Waals surface area contributed by atoms with Gasteiger partial charge in [0, 0.05) is 82.4 Å². The first kappa shape index (κ1) is 46.5. The predicted molar refractivity (Wildman–Crippen MR) is 226 cm³/mol. The van der Waals surface area contributed by atoms with E-state index in [1.165, 1.54) is 38.5 Å². The van der Waals surface area contributed by atoms with Gasteiger partial charge in [-0.05, 0) is 108 Å². The number of hydrogen-bond donors (Lipinski definition) is 5. The molecule has 2 heterocycles. The number of rotatable bonds is 17. The lowest BCUT2D eigenvalue weighted by molar-refractivity contribution is -0.0564. The fourth-order valence-electron chi connectivity index (χ4n) is 9.68. The molecular formula is C44H76ClFN6O4. The third kappa shape index (κ3) is 15.2. The van der Waals surface area contributed by atoms with Crippen LogP contribution in [-0.2, 0) is 10.3 Å². The van der Waals surface area contributed by atoms with Crippen molar-refractivity contribution >= 4 is 23.7 Å². The summed E-state index contributed by atoms with van der Waals surface area (Å²) in [5.41, 5.74) is -1.50. The Hall–Kier alpha value is -2.18. The summed E-state index contributed by atoms with van der Waals surface area (Å²) in [6.45, 7) is 5.00. The lowest BCUT2D eigenvalue weighted by atomic mass is 9.74. The van der Waals surface area contributed by atoms with Crippen molar-refractivity contribution in [2.75, 3.05) is 67.1 Å². The van der Waals surface area contributed by atoms with Gasteiger partial charge >= 0.3 is 12.1 Å². The van der Waals surface area contributed by atoms with Crippen LogP contribution in [0.25, 0.3) is 0 Å². The Labute approximate surface area is 343 Å². The van der Waals surface area contributed by atoms with Crippen LogP contribution in [0, 0.1) is 11.8 Å². The van der Waals surface area contributed by atoms with Gasteiger partial charge in [0.1, 0.15) is 5.67 Å². The number of likely N-dealkylation sites (N-methyl/N-ethyl adjacent to an activating group) is 2. The molecular weight excluding hydrogens is 731 g/mol. The van der Waals surface area contributed by atoms with Crippen LogP contribution in [0.2, 0.25) is 5.02 Å². The van der Waals surface area contributed by atoms with Gasteiger partial charge in [-0.2, -0.15) is 0 Å². The number of hydrogen-bond acceptors (Lipinski definition) is 6. The number of ether oxygens (including phenoxy) is 1. The number of nitrogens with zero attached hydrogens (tertiary/aromatic N) is 2. The Morgan fingerprint density at radius 1 is 0.875 bits per heavy atom. The van der Waals surface area contributed by atoms with Crippen molar-refractivity contribution in [1.29, 1.82) is 0 Å². The van der Waals surface area contributed by atoms with Crippen LogP contribution in [-0.4, -0.2) is 112 Å². The van der Waals surface area contributed by atoms with E-state index < -0.39 is 11.3 Å². The summed E-state index contributed by atoms with van der Waals surface area (Å²) in [6.07, 6.45) is 19.8. The summed E-state index contributed by atoms with van der Waals surface area (Å²) < 4.78 is 20.6. The van der Waals surface area contributed by atoms with E-state index in [1.807, 2.05) is 43.3 Å². The van der Waals surface area contributed by atoms with Crippen LogP contribution < -0.4 is 21.3 Å². The minimum absolute atomic E-state index is 0.119. The second-order valence-corrected chi connectivity index (χ2v) is 17.7. The van der Waals surface area contributed by atoms with Gasteiger partial charge in [-0.25, -0.2) is 14.0 Å². The number of methoxy groups -OCH3 is 1. The molecule has 0 bridgehead atoms. The molecule has 320 valence electrons. The molecule has 2 saturated heterocycles. The first-order chi connectivity index (χ1) is 27.1. The number of urea groups is 2. The van der Waals surface area contributed by atoms with Crippen LogP contribution in [0.5, 0.6) is 0 Å². The number of benzene rings is 1. The quantitative estimate of drug-likeness (QED) is 0.102. The number of likely N-dealkylation sites (tertiary alicyclic amines) is 2. The summed E-state index contributed by atoms with van der Waals surface area (Å²) in [7, 11) is 5.48. The predicted octanol–water partition coefficient (Wildman–Crippen LogP) is 8.16. The van der Waals surface area contributed by atoms with E-state index in [9.17, 15) is 14.7 Å². The minimum Gasteiger partial charge on any atom is -0.385 e. The van der Waals surface area contributed by atoms with Gasteiger partial charge in [0.05, 0.1) is 5.60 Å². The number of alkyl halides is 1. The van der Waals surface area contributed by atoms with Gasteiger partial charge in [0.25, 0.3) is 0 Å². The second-order valence-electron chi connectivity index (χ2n) is 17.3. The molecule has 10 nitrogen and oxygen atoms in total. The van der Waals surface area contributed by atoms with Crippen LogP contribution in [0.3, 0.4) is 0 Å². The van der Waals surface area contributed by atoms with Crippen molar-refractivity contribution in [1.82, 2.24) is 31.1 Å². The van der Waals surface area contributed by atoms with Gasteiger partial charge < -0.3 is 40.9 Å². The molecule has 2 aliphatic heterocycles. The Morgan fingerprint density at radius 3 is 2.18 bits per heavy atom. The molecule has 0 unspecified atom stereocenters. The minimum atomic E-state index is -1.20. The maximum atomic E-state index is 15.4. The number of carbonyl (C=O) groups is 2. The van der Waals surface area contributed by atoms with E-state index >= 15 is 4.39 Å². The molecule has 56 heavy (non-hydrogen) atoms. The SMILES string of the molecule is CNC[C@H](CC1(F)CCCCC1)NC(=O)N1CCC[C@@H]([C@@](O)(CCCCOC)c2cccc(Cl)c2)C1.CNC[C@H](CC1CCCCC1)NC(=O)N1CCCCC1. The Morgan fingerprint density at radius 2 is 1.50 bits per heavy atom. The summed E-state index contributed by atoms with van der Waals surface area (Å²) in [4.78, 5) is 29.4. The van der Waals surface area contributed by atoms with Crippen molar-refractivity contribution in [3.8, 4) is 0 Å². The lowest BCUT2D eigenvalue weighted by Crippen LogP contribution is -2.54. The first-order valence-electron chi connectivity index (χ1n) is 22.2. The molecule has 4 aliphatic rings. The molecule has 0 spiro atoms. The second kappa shape index (κ2) is 24.7. The largest absolute Gasteiger partial charge is 0.385 e. The fraction of sp³-hybridized carbons (Fsp3) is 0.818. The van der Waals surface area contributed by atoms with Crippen LogP contribution >= 0.6 is 11.6 Å². The number of aliphatic hydroxyl groups is 1. The van der Waals surface area contributed by atoms with Gasteiger partial charge in [-0.3, -0.25) is 0 Å². The average Bonchev–Trinajstić information content (AvgIpc) is 3.21. The van der Waals surface area contributed by atoms with Crippen LogP contribution in [0.15, 0.2) is 24.3 Å². The Bertz CT molecular complexity index is 1280. The zero-order chi connectivity index (χ0) is 40.2. The number of unbranched alkanes of at least 4 members (excludes halogenated alkanes) is 1. The van der Waals surface area contributed by atoms with Gasteiger partial charge in [0.2, 0.25) is 0 Å². The van der Waals surface area contributed by atoms with Gasteiger partial charge in [0.15, 0.2) is 0 Å². The highest BCUT2D eigenvalue weighted by Gasteiger charge is 2.42. The van der Waals surface area contributed by atoms with E-state index in [4.69, 9.17) is 16.3 Å². The van der Waals surface area contributed by atoms with Crippen molar-refractivity contribution < 1.29 is 23.8 Å². The maximum absolute atomic E-state index is 15.4. The van der Waals surface area contributed by atoms with Crippen LogP contribution in [0.4, 0.5) is 14.0 Å². The molecule has 12 heteroatoms. The number of nitrogens with one attached hydrogen (secondary N) is 4. The molecule has 5 N–H and O–H groups in total. The normalized spacial score (nSPS) is 22.6. The molecule has 4 fully saturated rings. The molecule has 1 aromatic rings. The Kier molecular flexibility index (Phi) is 20.5. The molecule has 5 rings (SSSR count). The zero-order valence-electron chi connectivity index (χ0n) is 35.0. The monoisotopic (exact) mass is 807 g/mol. The molecule has 2 saturated carbocycles. The number of amides is 4. The molecule has 0 radical (unpaired) electrons. The molecule has 4 atom stereocenters. The van der Waals surface area contributed by atoms with Gasteiger partial charge in [-0.1, -0.05) is 75.1 Å². The van der Waals surface area contributed by atoms with Crippen molar-refractivity contribution in [3.63, 3.8) is 0 Å². The lowest BCUT2D eigenvalue weighted by Gasteiger charge is -2.43. The first-order valence-corrected chi connectivity index (χ1v) is 22.5. The molecule has 4 amide bonds. The van der Waals surface area contributed by atoms with E-state index in [1.54, 1.807) is 12.0 Å². The summed E-state index contributed by atoms with van der Waals surface area (Å²) in [6, 6.07) is 7.44. The standard InChI is InChI=1S/C28H45ClFN3O3.C16H31N3O/c1-31-20-25(19-27(30)13-4-3-5-14-27)32-26(34)33-16-9-11-23(21-33)28(35,15-6-7-17-36-2)22-10-8-12-24(29)18-22;1-17-13-15(12-14-8-4-2-5-9-14)18-16(20)19-10-6-3-7-11-19/h8,10,12,18,23,25,31,35H,3-7,9,11,13-17,19-21H2,1-2H3,(H,32,34);14-15,17H,2-13H2,1H3,(H,18,20)/t23-,25+,28-;15-/m10/s1. The highest BCUT2D eigenvalue weighted by atomic mass is 35.5. The van der Waals surface area contributed by atoms with Crippen molar-refractivity contribution in [2.45, 2.75) is 152 Å². The average molecular weight is 808 g/mol. The molecule has 2 aliphatic carbocycles. The fourth-order valence-corrected chi connectivity index (χ4v) is 9.87. The highest BCUT2D eigenvalue weighted by molar-refractivity contribution is 6.30. The van der Waals surface area contributed by atoms with E-state index in [0.29, 0.717) is 56.9 Å². The molecule has 0 aromatic heterocycles. The van der Waals surface area contributed by atoms with Crippen molar-refractivity contribution in [2.24, 2.45) is 11.8 Å². The number of piperidine rings is 2. The third-order valence-corrected chi connectivity index (χ3v) is 13.0. The Balaban J connectivity index is 0.000000293. The molecule has 1 aromatic carbocycles. The van der Waals surface area contributed by atoms with E-state index in [2.05, 4.69) is 21.3 Å². The van der Waals surface area contributed by atoms with E-state index in [-0.39, 0.29) is 30.1 Å².